The molecule has 424 valence electrons. The lowest BCUT2D eigenvalue weighted by molar-refractivity contribution is -0.383. The largest absolute Gasteiger partial charge is 0.403 e. The molecule has 6 aliphatic carbocycles. The van der Waals surface area contributed by atoms with Crippen molar-refractivity contribution in [2.75, 3.05) is 0 Å². The van der Waals surface area contributed by atoms with Gasteiger partial charge in [0.15, 0.2) is 25.1 Å². The van der Waals surface area contributed by atoms with Crippen LogP contribution < -0.4 is 0 Å². The summed E-state index contributed by atoms with van der Waals surface area (Å²) in [6.45, 7) is 3.07. The summed E-state index contributed by atoms with van der Waals surface area (Å²) in [7, 11) is -7.49. The Kier molecular flexibility index (Phi) is 14.5. The minimum atomic E-state index is -5.93. The van der Waals surface area contributed by atoms with Gasteiger partial charge in [0.1, 0.15) is 0 Å². The van der Waals surface area contributed by atoms with Gasteiger partial charge >= 0.3 is 12.4 Å². The van der Waals surface area contributed by atoms with Gasteiger partial charge in [-0.15, -0.1) is 0 Å². The molecule has 0 radical (unpaired) electrons. The van der Waals surface area contributed by atoms with E-state index in [1.165, 1.54) is 35.8 Å². The van der Waals surface area contributed by atoms with Gasteiger partial charge in [0.2, 0.25) is 23.6 Å². The van der Waals surface area contributed by atoms with Crippen LogP contribution in [-0.2, 0) is 58.0 Å². The smallest absolute Gasteiger partial charge is 0.279 e. The molecule has 8 amide bonds. The zero-order valence-corrected chi connectivity index (χ0v) is 44.7. The Labute approximate surface area is 443 Å². The first-order valence-electron chi connectivity index (χ1n) is 27.5. The lowest BCUT2D eigenvalue weighted by Crippen LogP contribution is -2.61. The van der Waals surface area contributed by atoms with Gasteiger partial charge in [-0.25, -0.2) is 16.8 Å². The summed E-state index contributed by atoms with van der Waals surface area (Å²) in [5, 5.41) is -3.13. The highest BCUT2D eigenvalue weighted by Gasteiger charge is 2.78. The van der Waals surface area contributed by atoms with Gasteiger partial charge in [-0.1, -0.05) is 0 Å². The number of alkyl halides is 6. The zero-order valence-electron chi connectivity index (χ0n) is 43.1. The normalized spacial score (nSPS) is 37.2. The fourth-order valence-corrected chi connectivity index (χ4v) is 21.2. The van der Waals surface area contributed by atoms with E-state index in [0.717, 1.165) is 9.80 Å². The number of fused-ring (bicyclic) bond motifs is 2. The van der Waals surface area contributed by atoms with Gasteiger partial charge in [-0.2, -0.15) is 26.3 Å². The Morgan fingerprint density at radius 2 is 0.636 bits per heavy atom. The summed E-state index contributed by atoms with van der Waals surface area (Å²) < 4.78 is 150. The average molecular weight is 1130 g/mol. The highest BCUT2D eigenvalue weighted by atomic mass is 32.2. The van der Waals surface area contributed by atoms with Crippen molar-refractivity contribution in [2.24, 2.45) is 40.9 Å². The number of likely N-dealkylation sites (tertiary alicyclic amines) is 2. The lowest BCUT2D eigenvalue weighted by Gasteiger charge is -2.52. The zero-order chi connectivity index (χ0) is 55.6. The number of carbonyl (C=O) groups is 8. The fraction of sp³-hybridized carbons (Fsp3) is 0.774. The maximum Gasteiger partial charge on any atom is 0.403 e. The van der Waals surface area contributed by atoms with E-state index in [4.69, 9.17) is 0 Å². The van der Waals surface area contributed by atoms with Gasteiger partial charge in [0, 0.05) is 47.5 Å². The molecule has 2 saturated heterocycles. The molecule has 10 rings (SSSR count). The van der Waals surface area contributed by atoms with E-state index in [1.807, 2.05) is 0 Å². The maximum absolute atomic E-state index is 15.8. The van der Waals surface area contributed by atoms with Crippen LogP contribution in [0, 0.1) is 40.9 Å². The predicted octanol–water partition coefficient (Wildman–Crippen LogP) is 6.60. The summed E-state index contributed by atoms with van der Waals surface area (Å²) in [4.78, 5) is 111. The van der Waals surface area contributed by atoms with Crippen molar-refractivity contribution in [2.45, 2.75) is 213 Å². The van der Waals surface area contributed by atoms with E-state index in [1.54, 1.807) is 0 Å². The molecule has 0 aromatic carbocycles. The predicted molar refractivity (Wildman–Crippen MR) is 260 cm³/mol. The van der Waals surface area contributed by atoms with Crippen molar-refractivity contribution in [3.8, 4) is 0 Å². The van der Waals surface area contributed by atoms with Gasteiger partial charge < -0.3 is 0 Å². The van der Waals surface area contributed by atoms with Gasteiger partial charge in [-0.3, -0.25) is 58.0 Å². The number of hydrogen-bond acceptors (Lipinski definition) is 12. The number of amides is 8. The molecule has 77 heavy (non-hydrogen) atoms. The molecule has 0 aromatic heterocycles. The molecule has 0 bridgehead atoms. The van der Waals surface area contributed by atoms with Gasteiger partial charge in [0.05, 0.1) is 44.7 Å². The first kappa shape index (κ1) is 55.8. The Hall–Kier alpha value is -4.48. The first-order chi connectivity index (χ1) is 36.1. The van der Waals surface area contributed by atoms with Crippen LogP contribution in [0.4, 0.5) is 26.3 Å². The minimum absolute atomic E-state index is 0.0685. The number of carbonyl (C=O) groups excluding carboxylic acids is 8. The highest BCUT2D eigenvalue weighted by Crippen LogP contribution is 2.67. The lowest BCUT2D eigenvalue weighted by atomic mass is 9.54. The number of sulfone groups is 2. The molecule has 0 spiro atoms. The van der Waals surface area contributed by atoms with Crippen molar-refractivity contribution in [3.63, 3.8) is 0 Å². The number of halogens is 6. The first-order valence-corrected chi connectivity index (χ1v) is 30.8. The third-order valence-electron chi connectivity index (χ3n) is 20.3. The average Bonchev–Trinajstić information content (AvgIpc) is 4.07. The fourth-order valence-electron chi connectivity index (χ4n) is 16.4. The van der Waals surface area contributed by atoms with Gasteiger partial charge in [-0.05, 0) is 167 Å². The van der Waals surface area contributed by atoms with Crippen molar-refractivity contribution in [1.29, 1.82) is 0 Å². The van der Waals surface area contributed by atoms with E-state index in [2.05, 4.69) is 0 Å². The molecule has 10 aliphatic rings. The monoisotopic (exact) mass is 1130 g/mol. The van der Waals surface area contributed by atoms with E-state index in [0.29, 0.717) is 36.8 Å². The second-order valence-electron chi connectivity index (χ2n) is 24.0. The van der Waals surface area contributed by atoms with Crippen molar-refractivity contribution in [3.05, 3.63) is 23.3 Å². The summed E-state index contributed by atoms with van der Waals surface area (Å²) in [5.74, 6) is -14.5. The third kappa shape index (κ3) is 9.04. The number of hydrogen-bond donors (Lipinski definition) is 0. The Bertz CT molecular complexity index is 2610. The van der Waals surface area contributed by atoms with Crippen molar-refractivity contribution in [1.82, 2.24) is 19.6 Å². The van der Waals surface area contributed by atoms with E-state index in [9.17, 15) is 55.2 Å². The van der Waals surface area contributed by atoms with Crippen LogP contribution in [0.25, 0.3) is 0 Å². The van der Waals surface area contributed by atoms with Crippen LogP contribution >= 0.6 is 0 Å². The van der Waals surface area contributed by atoms with Crippen molar-refractivity contribution < 1.29 is 81.5 Å². The van der Waals surface area contributed by atoms with Gasteiger partial charge in [0.25, 0.3) is 23.6 Å². The van der Waals surface area contributed by atoms with E-state index >= 15 is 26.3 Å². The van der Waals surface area contributed by atoms with E-state index < -0.39 is 204 Å². The maximum atomic E-state index is 15.8. The van der Waals surface area contributed by atoms with Crippen LogP contribution in [0.3, 0.4) is 0 Å². The molecular weight excluding hydrogens is 1060 g/mol. The summed E-state index contributed by atoms with van der Waals surface area (Å²) in [5.41, 5.74) is -3.78. The second kappa shape index (κ2) is 20.0. The highest BCUT2D eigenvalue weighted by molar-refractivity contribution is 7.92. The molecule has 4 aliphatic heterocycles. The molecule has 0 aromatic rings. The molecular formula is C53H66F6N4O12S2. The number of imide groups is 4. The van der Waals surface area contributed by atoms with Crippen LogP contribution in [0.15, 0.2) is 23.3 Å². The topological polar surface area (TPSA) is 218 Å². The SMILES string of the molecule is CC1=CC(=O)N(C2CCC(S(=O)(=O)C3CCC(N4C(=O)C5CCC(C(C6CCC7C(=O)N(C8CCC(S(=O)(=O)C9CCC(N%10C(=O)C=C(C)C%10=O)CC9)CC8)C(=O)C7C6)(C(F)(F)F)C(F)(F)F)CC5C4=O)CC3)CC2)C1=O. The molecule has 16 nitrogen and oxygen atoms in total. The molecule has 4 heterocycles. The number of nitrogens with zero attached hydrogens (tertiary/aromatic N) is 4. The van der Waals surface area contributed by atoms with Crippen LogP contribution in [0.5, 0.6) is 0 Å². The Morgan fingerprint density at radius 3 is 0.883 bits per heavy atom. The molecule has 0 N–H and O–H groups in total. The van der Waals surface area contributed by atoms with Crippen molar-refractivity contribution >= 4 is 66.9 Å². The van der Waals surface area contributed by atoms with Crippen LogP contribution in [0.2, 0.25) is 0 Å². The molecule has 24 heteroatoms. The third-order valence-corrected chi connectivity index (χ3v) is 25.9. The molecule has 6 saturated carbocycles. The Morgan fingerprint density at radius 1 is 0.377 bits per heavy atom. The molecule has 6 atom stereocenters. The Balaban J connectivity index is 0.767. The molecule has 8 fully saturated rings. The summed E-state index contributed by atoms with van der Waals surface area (Å²) in [6.07, 6.45) is -10.7. The second-order valence-corrected chi connectivity index (χ2v) is 29.0. The quantitative estimate of drug-likeness (QED) is 0.167. The minimum Gasteiger partial charge on any atom is -0.279 e. The summed E-state index contributed by atoms with van der Waals surface area (Å²) >= 11 is 0. The van der Waals surface area contributed by atoms with Crippen LogP contribution in [0.1, 0.15) is 155 Å². The van der Waals surface area contributed by atoms with E-state index in [-0.39, 0.29) is 77.0 Å². The number of rotatable bonds is 10. The molecule has 6 unspecified atom stereocenters. The van der Waals surface area contributed by atoms with Crippen LogP contribution in [-0.4, -0.2) is 141 Å². The standard InChI is InChI=1S/C53H66F6N4O12S2/c1-27-23-43(64)60(45(27)66)31-5-13-35(14-6-31)76(72,73)37-17-9-33(10-18-37)62-47(68)39-21-3-29(25-41(39)49(62)70)51(52(54,55)56,53(57,58)59)30-4-22-40-42(26-30)50(71)63(48(40)69)34-11-19-38(20-12-34)77(74,75)36-15-7-32(8-16-36)61-44(65)24-28(2)46(61)67/h23-24,29-42H,3-22,25-26H2,1-2H3. The summed E-state index contributed by atoms with van der Waals surface area (Å²) in [6, 6.07) is -2.48.